The van der Waals surface area contributed by atoms with Gasteiger partial charge >= 0.3 is 0 Å². The fraction of sp³-hybridized carbons (Fsp3) is 0.852. The topological polar surface area (TPSA) is 34.1 Å². The molecule has 0 aromatic carbocycles. The van der Waals surface area contributed by atoms with Gasteiger partial charge in [0, 0.05) is 23.7 Å². The van der Waals surface area contributed by atoms with Gasteiger partial charge in [-0.1, -0.05) is 32.9 Å². The smallest absolute Gasteiger partial charge is 0.139 e. The van der Waals surface area contributed by atoms with Crippen LogP contribution >= 0.6 is 0 Å². The second-order valence-electron chi connectivity index (χ2n) is 12.6. The first-order chi connectivity index (χ1) is 13.7. The van der Waals surface area contributed by atoms with Gasteiger partial charge in [-0.3, -0.25) is 9.59 Å². The molecular formula is C27H40O2. The molecule has 29 heavy (non-hydrogen) atoms. The van der Waals surface area contributed by atoms with Crippen molar-refractivity contribution >= 4 is 11.6 Å². The van der Waals surface area contributed by atoms with Crippen LogP contribution in [-0.2, 0) is 9.59 Å². The molecule has 0 saturated heterocycles. The minimum absolute atomic E-state index is 0.266. The molecule has 160 valence electrons. The zero-order valence-electron chi connectivity index (χ0n) is 19.0. The second-order valence-corrected chi connectivity index (χ2v) is 12.6. The number of carbonyl (C=O) groups excluding carboxylic acids is 2. The quantitative estimate of drug-likeness (QED) is 0.502. The van der Waals surface area contributed by atoms with E-state index in [1.54, 1.807) is 0 Å². The Morgan fingerprint density at radius 1 is 0.724 bits per heavy atom. The third-order valence-electron chi connectivity index (χ3n) is 10.4. The highest BCUT2D eigenvalue weighted by molar-refractivity contribution is 5.90. The Morgan fingerprint density at radius 3 is 1.72 bits per heavy atom. The lowest BCUT2D eigenvalue weighted by Crippen LogP contribution is -2.35. The van der Waals surface area contributed by atoms with Crippen molar-refractivity contribution in [3.05, 3.63) is 12.2 Å². The van der Waals surface area contributed by atoms with Gasteiger partial charge < -0.3 is 0 Å². The molecule has 0 bridgehead atoms. The molecule has 0 amide bonds. The van der Waals surface area contributed by atoms with E-state index in [0.717, 1.165) is 25.7 Å². The van der Waals surface area contributed by atoms with E-state index in [9.17, 15) is 9.59 Å². The maximum atomic E-state index is 13.5. The van der Waals surface area contributed by atoms with Gasteiger partial charge in [0.2, 0.25) is 0 Å². The van der Waals surface area contributed by atoms with Crippen LogP contribution in [-0.4, -0.2) is 11.6 Å². The van der Waals surface area contributed by atoms with Crippen molar-refractivity contribution in [2.24, 2.45) is 64.6 Å². The minimum atomic E-state index is 0.266. The van der Waals surface area contributed by atoms with E-state index in [1.807, 2.05) is 0 Å². The summed E-state index contributed by atoms with van der Waals surface area (Å²) in [5, 5.41) is 0. The van der Waals surface area contributed by atoms with E-state index >= 15 is 0 Å². The maximum absolute atomic E-state index is 13.5. The Balaban J connectivity index is 1.35. The SMILES string of the molecule is C=C(C)C1CCC2C(C1)C(=O)C1CC3C(CC12)C(=O)C1CC(C(C)(C)C)CCC13. The molecule has 0 aliphatic heterocycles. The Hall–Kier alpha value is -0.920. The molecule has 0 N–H and O–H groups in total. The van der Waals surface area contributed by atoms with Crippen molar-refractivity contribution in [3.8, 4) is 0 Å². The van der Waals surface area contributed by atoms with Gasteiger partial charge in [0.15, 0.2) is 0 Å². The van der Waals surface area contributed by atoms with Gasteiger partial charge in [0.05, 0.1) is 0 Å². The Bertz CT molecular complexity index is 727. The third kappa shape index (κ3) is 3.02. The Kier molecular flexibility index (Phi) is 4.69. The molecule has 5 aliphatic rings. The molecule has 5 fully saturated rings. The summed E-state index contributed by atoms with van der Waals surface area (Å²) in [6.45, 7) is 13.3. The lowest BCUT2D eigenvalue weighted by Gasteiger charge is -2.42. The summed E-state index contributed by atoms with van der Waals surface area (Å²) in [6.07, 6.45) is 9.08. The summed E-state index contributed by atoms with van der Waals surface area (Å²) in [7, 11) is 0. The lowest BCUT2D eigenvalue weighted by atomic mass is 9.62. The lowest BCUT2D eigenvalue weighted by molar-refractivity contribution is -0.129. The molecule has 0 aromatic rings. The van der Waals surface area contributed by atoms with Crippen LogP contribution in [0, 0.1) is 64.6 Å². The normalized spacial score (nSPS) is 49.2. The van der Waals surface area contributed by atoms with Crippen LogP contribution in [0.3, 0.4) is 0 Å². The van der Waals surface area contributed by atoms with Gasteiger partial charge in [-0.25, -0.2) is 0 Å². The predicted octanol–water partition coefficient (Wildman–Crippen LogP) is 6.10. The van der Waals surface area contributed by atoms with Gasteiger partial charge in [0.1, 0.15) is 11.6 Å². The average Bonchev–Trinajstić information content (AvgIpc) is 3.11. The molecule has 0 aromatic heterocycles. The van der Waals surface area contributed by atoms with Crippen molar-refractivity contribution in [2.75, 3.05) is 0 Å². The molecule has 0 radical (unpaired) electrons. The van der Waals surface area contributed by atoms with E-state index in [2.05, 4.69) is 34.3 Å². The van der Waals surface area contributed by atoms with Crippen molar-refractivity contribution in [3.63, 3.8) is 0 Å². The molecule has 2 heteroatoms. The molecule has 5 aliphatic carbocycles. The van der Waals surface area contributed by atoms with Crippen molar-refractivity contribution in [1.82, 2.24) is 0 Å². The molecule has 10 unspecified atom stereocenters. The zero-order valence-corrected chi connectivity index (χ0v) is 19.0. The molecule has 2 nitrogen and oxygen atoms in total. The molecular weight excluding hydrogens is 356 g/mol. The van der Waals surface area contributed by atoms with Crippen LogP contribution in [0.2, 0.25) is 0 Å². The number of ketones is 2. The molecule has 5 saturated carbocycles. The van der Waals surface area contributed by atoms with E-state index in [4.69, 9.17) is 0 Å². The number of hydrogen-bond acceptors (Lipinski definition) is 2. The van der Waals surface area contributed by atoms with Crippen molar-refractivity contribution < 1.29 is 9.59 Å². The summed E-state index contributed by atoms with van der Waals surface area (Å²) < 4.78 is 0. The number of carbonyl (C=O) groups is 2. The van der Waals surface area contributed by atoms with Crippen LogP contribution in [0.4, 0.5) is 0 Å². The number of hydrogen-bond donors (Lipinski definition) is 0. The van der Waals surface area contributed by atoms with Crippen LogP contribution < -0.4 is 0 Å². The molecule has 0 spiro atoms. The summed E-state index contributed by atoms with van der Waals surface area (Å²) >= 11 is 0. The minimum Gasteiger partial charge on any atom is -0.299 e. The summed E-state index contributed by atoms with van der Waals surface area (Å²) in [6, 6.07) is 0. The highest BCUT2D eigenvalue weighted by Crippen LogP contribution is 2.62. The van der Waals surface area contributed by atoms with Crippen LogP contribution in [0.25, 0.3) is 0 Å². The number of Topliss-reactive ketones (excluding diaryl/α,β-unsaturated/α-hetero) is 2. The fourth-order valence-corrected chi connectivity index (χ4v) is 8.72. The van der Waals surface area contributed by atoms with Crippen LogP contribution in [0.1, 0.15) is 79.1 Å². The first kappa shape index (κ1) is 20.0. The number of allylic oxidation sites excluding steroid dienone is 1. The summed E-state index contributed by atoms with van der Waals surface area (Å²) in [4.78, 5) is 27.0. The van der Waals surface area contributed by atoms with E-state index in [-0.39, 0.29) is 17.8 Å². The summed E-state index contributed by atoms with van der Waals surface area (Å²) in [5.74, 6) is 5.63. The molecule has 0 heterocycles. The highest BCUT2D eigenvalue weighted by atomic mass is 16.1. The second kappa shape index (κ2) is 6.79. The monoisotopic (exact) mass is 396 g/mol. The van der Waals surface area contributed by atoms with Crippen molar-refractivity contribution in [2.45, 2.75) is 79.1 Å². The first-order valence-corrected chi connectivity index (χ1v) is 12.4. The Labute approximate surface area is 177 Å². The average molecular weight is 397 g/mol. The fourth-order valence-electron chi connectivity index (χ4n) is 8.72. The third-order valence-corrected chi connectivity index (χ3v) is 10.4. The van der Waals surface area contributed by atoms with Crippen molar-refractivity contribution in [1.29, 1.82) is 0 Å². The van der Waals surface area contributed by atoms with Gasteiger partial charge in [-0.05, 0) is 99.2 Å². The highest BCUT2D eigenvalue weighted by Gasteiger charge is 2.61. The number of fused-ring (bicyclic) bond motifs is 6. The van der Waals surface area contributed by atoms with E-state index < -0.39 is 0 Å². The largest absolute Gasteiger partial charge is 0.299 e. The predicted molar refractivity (Wildman–Crippen MR) is 116 cm³/mol. The summed E-state index contributed by atoms with van der Waals surface area (Å²) in [5.41, 5.74) is 1.57. The van der Waals surface area contributed by atoms with Gasteiger partial charge in [0.25, 0.3) is 0 Å². The van der Waals surface area contributed by atoms with Gasteiger partial charge in [-0.2, -0.15) is 0 Å². The standard InChI is InChI=1S/C27H40O2/c1-14(2)15-6-8-17-19-12-24-20(13-23(19)25(28)21(17)10-15)18-9-7-16(27(3,4)5)11-22(18)26(24)29/h15-24H,1,6-13H2,2-5H3. The zero-order chi connectivity index (χ0) is 20.7. The van der Waals surface area contributed by atoms with Crippen LogP contribution in [0.15, 0.2) is 12.2 Å². The first-order valence-electron chi connectivity index (χ1n) is 12.4. The Morgan fingerprint density at radius 2 is 1.21 bits per heavy atom. The van der Waals surface area contributed by atoms with Crippen LogP contribution in [0.5, 0.6) is 0 Å². The molecule has 5 rings (SSSR count). The van der Waals surface area contributed by atoms with E-state index in [1.165, 1.54) is 31.3 Å². The molecule has 10 atom stereocenters. The van der Waals surface area contributed by atoms with Gasteiger partial charge in [-0.15, -0.1) is 0 Å². The number of rotatable bonds is 1. The van der Waals surface area contributed by atoms with E-state index in [0.29, 0.717) is 58.4 Å². The maximum Gasteiger partial charge on any atom is 0.139 e.